The molecule has 0 atom stereocenters. The van der Waals surface area contributed by atoms with Crippen molar-refractivity contribution >= 4 is 12.6 Å². The van der Waals surface area contributed by atoms with Crippen molar-refractivity contribution in [2.45, 2.75) is 59.3 Å². The fourth-order valence-corrected chi connectivity index (χ4v) is 2.44. The lowest BCUT2D eigenvalue weighted by atomic mass is 9.82. The van der Waals surface area contributed by atoms with Gasteiger partial charge in [-0.25, -0.2) is 0 Å². The zero-order valence-electron chi connectivity index (χ0n) is 15.9. The predicted octanol–water partition coefficient (Wildman–Crippen LogP) is 3.13. The first kappa shape index (κ1) is 19.2. The second-order valence-corrected chi connectivity index (χ2v) is 6.87. The highest BCUT2D eigenvalue weighted by Gasteiger charge is 2.52. The minimum absolute atomic E-state index is 0.354. The Hall–Kier alpha value is -2.10. The van der Waals surface area contributed by atoms with Crippen LogP contribution >= 0.6 is 0 Å². The fourth-order valence-electron chi connectivity index (χ4n) is 2.44. The molecule has 1 saturated heterocycles. The van der Waals surface area contributed by atoms with Gasteiger partial charge in [0.2, 0.25) is 0 Å². The minimum atomic E-state index is -0.394. The zero-order valence-corrected chi connectivity index (χ0v) is 15.9. The quantitative estimate of drug-likeness (QED) is 0.806. The Bertz CT molecular complexity index is 729. The first-order valence-corrected chi connectivity index (χ1v) is 8.68. The average Bonchev–Trinajstić information content (AvgIpc) is 3.12. The van der Waals surface area contributed by atoms with Crippen LogP contribution in [0.15, 0.2) is 36.7 Å². The molecule has 0 amide bonds. The van der Waals surface area contributed by atoms with Crippen LogP contribution in [0.25, 0.3) is 0 Å². The standard InChI is InChI=1S/C17H20BN3O2.C2H6/c1-16(2)17(3,4)23-18(22-16)15-10-20-21(12-15)11-14-7-5-13(9-19)6-8-14;1-2/h5-8,10,12H,11H2,1-4H3;1-2H3. The van der Waals surface area contributed by atoms with E-state index in [0.29, 0.717) is 12.1 Å². The van der Waals surface area contributed by atoms with E-state index in [1.54, 1.807) is 6.20 Å². The van der Waals surface area contributed by atoms with Crippen molar-refractivity contribution in [1.29, 1.82) is 5.26 Å². The third-order valence-electron chi connectivity index (χ3n) is 4.61. The van der Waals surface area contributed by atoms with Gasteiger partial charge in [-0.15, -0.1) is 0 Å². The van der Waals surface area contributed by atoms with Gasteiger partial charge in [0, 0.05) is 17.9 Å². The largest absolute Gasteiger partial charge is 0.498 e. The number of hydrogen-bond donors (Lipinski definition) is 0. The molecule has 0 radical (unpaired) electrons. The highest BCUT2D eigenvalue weighted by molar-refractivity contribution is 6.61. The minimum Gasteiger partial charge on any atom is -0.399 e. The highest BCUT2D eigenvalue weighted by Crippen LogP contribution is 2.36. The van der Waals surface area contributed by atoms with Crippen molar-refractivity contribution in [1.82, 2.24) is 9.78 Å². The third kappa shape index (κ3) is 4.12. The monoisotopic (exact) mass is 339 g/mol. The molecule has 132 valence electrons. The van der Waals surface area contributed by atoms with Crippen molar-refractivity contribution in [2.75, 3.05) is 0 Å². The molecule has 0 spiro atoms. The lowest BCUT2D eigenvalue weighted by Crippen LogP contribution is -2.41. The molecule has 0 saturated carbocycles. The Balaban J connectivity index is 0.00000109. The van der Waals surface area contributed by atoms with Gasteiger partial charge in [-0.05, 0) is 45.4 Å². The van der Waals surface area contributed by atoms with Crippen molar-refractivity contribution in [3.8, 4) is 6.07 Å². The van der Waals surface area contributed by atoms with Crippen LogP contribution in [0.2, 0.25) is 0 Å². The molecule has 0 aliphatic carbocycles. The van der Waals surface area contributed by atoms with Gasteiger partial charge in [0.25, 0.3) is 0 Å². The molecule has 0 unspecified atom stereocenters. The van der Waals surface area contributed by atoms with Gasteiger partial charge in [-0.1, -0.05) is 26.0 Å². The second-order valence-electron chi connectivity index (χ2n) is 6.87. The van der Waals surface area contributed by atoms with Crippen LogP contribution in [-0.4, -0.2) is 28.1 Å². The van der Waals surface area contributed by atoms with Crippen LogP contribution < -0.4 is 5.46 Å². The summed E-state index contributed by atoms with van der Waals surface area (Å²) in [6, 6.07) is 9.62. The van der Waals surface area contributed by atoms with Gasteiger partial charge >= 0.3 is 7.12 Å². The molecule has 6 heteroatoms. The van der Waals surface area contributed by atoms with E-state index in [0.717, 1.165) is 11.0 Å². The molecular formula is C19H26BN3O2. The molecule has 2 aromatic rings. The average molecular weight is 339 g/mol. The lowest BCUT2D eigenvalue weighted by molar-refractivity contribution is 0.00578. The summed E-state index contributed by atoms with van der Waals surface area (Å²) < 4.78 is 13.9. The summed E-state index contributed by atoms with van der Waals surface area (Å²) in [7, 11) is -0.394. The Morgan fingerprint density at radius 3 is 2.16 bits per heavy atom. The summed E-state index contributed by atoms with van der Waals surface area (Å²) in [6.45, 7) is 12.8. The zero-order chi connectivity index (χ0) is 18.7. The summed E-state index contributed by atoms with van der Waals surface area (Å²) in [5.41, 5.74) is 1.96. The summed E-state index contributed by atoms with van der Waals surface area (Å²) >= 11 is 0. The summed E-state index contributed by atoms with van der Waals surface area (Å²) in [5, 5.41) is 13.2. The van der Waals surface area contributed by atoms with Crippen LogP contribution in [-0.2, 0) is 15.9 Å². The smallest absolute Gasteiger partial charge is 0.399 e. The van der Waals surface area contributed by atoms with E-state index >= 15 is 0 Å². The maximum atomic E-state index is 8.83. The van der Waals surface area contributed by atoms with Crippen molar-refractivity contribution in [3.63, 3.8) is 0 Å². The topological polar surface area (TPSA) is 60.1 Å². The molecule has 1 aromatic heterocycles. The first-order valence-electron chi connectivity index (χ1n) is 8.68. The van der Waals surface area contributed by atoms with Crippen molar-refractivity contribution in [2.24, 2.45) is 0 Å². The van der Waals surface area contributed by atoms with Crippen LogP contribution in [0.3, 0.4) is 0 Å². The first-order chi connectivity index (χ1) is 11.8. The summed E-state index contributed by atoms with van der Waals surface area (Å²) in [6.07, 6.45) is 3.73. The number of aromatic nitrogens is 2. The van der Waals surface area contributed by atoms with Gasteiger partial charge in [0.15, 0.2) is 0 Å². The molecule has 2 heterocycles. The van der Waals surface area contributed by atoms with Gasteiger partial charge in [0.05, 0.1) is 29.4 Å². The summed E-state index contributed by atoms with van der Waals surface area (Å²) in [4.78, 5) is 0. The Labute approximate surface area is 150 Å². The molecule has 1 aliphatic heterocycles. The van der Waals surface area contributed by atoms with Gasteiger partial charge < -0.3 is 9.31 Å². The molecule has 1 aliphatic rings. The van der Waals surface area contributed by atoms with Gasteiger partial charge in [-0.2, -0.15) is 10.4 Å². The lowest BCUT2D eigenvalue weighted by Gasteiger charge is -2.32. The number of rotatable bonds is 3. The van der Waals surface area contributed by atoms with E-state index < -0.39 is 7.12 Å². The predicted molar refractivity (Wildman–Crippen MR) is 99.6 cm³/mol. The SMILES string of the molecule is CC.CC1(C)OB(c2cnn(Cc3ccc(C#N)cc3)c2)OC1(C)C. The van der Waals surface area contributed by atoms with E-state index in [2.05, 4.69) is 11.2 Å². The van der Waals surface area contributed by atoms with Crippen LogP contribution in [0.5, 0.6) is 0 Å². The molecule has 0 bridgehead atoms. The van der Waals surface area contributed by atoms with Gasteiger partial charge in [0.1, 0.15) is 0 Å². The highest BCUT2D eigenvalue weighted by atomic mass is 16.7. The van der Waals surface area contributed by atoms with E-state index in [1.807, 2.05) is 76.7 Å². The molecular weight excluding hydrogens is 313 g/mol. The molecule has 0 N–H and O–H groups in total. The normalized spacial score (nSPS) is 17.6. The van der Waals surface area contributed by atoms with E-state index in [-0.39, 0.29) is 11.2 Å². The Morgan fingerprint density at radius 2 is 1.64 bits per heavy atom. The van der Waals surface area contributed by atoms with Crippen molar-refractivity contribution in [3.05, 3.63) is 47.8 Å². The third-order valence-corrected chi connectivity index (χ3v) is 4.61. The van der Waals surface area contributed by atoms with Crippen LogP contribution in [0.1, 0.15) is 52.7 Å². The number of nitriles is 1. The Kier molecular flexibility index (Phi) is 5.71. The van der Waals surface area contributed by atoms with E-state index in [9.17, 15) is 0 Å². The van der Waals surface area contributed by atoms with Crippen LogP contribution in [0.4, 0.5) is 0 Å². The van der Waals surface area contributed by atoms with Gasteiger partial charge in [-0.3, -0.25) is 4.68 Å². The molecule has 5 nitrogen and oxygen atoms in total. The second kappa shape index (κ2) is 7.43. The molecule has 1 aromatic carbocycles. The van der Waals surface area contributed by atoms with Crippen molar-refractivity contribution < 1.29 is 9.31 Å². The number of hydrogen-bond acceptors (Lipinski definition) is 4. The van der Waals surface area contributed by atoms with Crippen LogP contribution in [0, 0.1) is 11.3 Å². The van der Waals surface area contributed by atoms with E-state index in [1.165, 1.54) is 0 Å². The molecule has 25 heavy (non-hydrogen) atoms. The molecule has 1 fully saturated rings. The Morgan fingerprint density at radius 1 is 1.08 bits per heavy atom. The fraction of sp³-hybridized carbons (Fsp3) is 0.474. The summed E-state index contributed by atoms with van der Waals surface area (Å²) in [5.74, 6) is 0. The van der Waals surface area contributed by atoms with E-state index in [4.69, 9.17) is 14.6 Å². The maximum absolute atomic E-state index is 8.83. The number of nitrogens with zero attached hydrogens (tertiary/aromatic N) is 3. The molecule has 3 rings (SSSR count). The number of benzene rings is 1. The maximum Gasteiger partial charge on any atom is 0.498 e.